The molecular weight excluding hydrogens is 448 g/mol. The molecule has 2 aromatic carbocycles. The van der Waals surface area contributed by atoms with Crippen LogP contribution in [-0.2, 0) is 11.2 Å². The lowest BCUT2D eigenvalue weighted by molar-refractivity contribution is -0.126. The van der Waals surface area contributed by atoms with Crippen molar-refractivity contribution in [2.75, 3.05) is 31.6 Å². The number of carbonyl (C=O) groups is 2. The third kappa shape index (κ3) is 5.75. The SMILES string of the molecule is CN(c1ccc(Cl)cc1)c1ccccc1C(=O)N1CCC(C(=O)NCCc2ccncc2)CC1. The third-order valence-electron chi connectivity index (χ3n) is 6.32. The molecule has 3 aromatic rings. The van der Waals surface area contributed by atoms with Gasteiger partial charge < -0.3 is 15.1 Å². The van der Waals surface area contributed by atoms with E-state index in [4.69, 9.17) is 11.6 Å². The normalized spacial score (nSPS) is 14.0. The number of carbonyl (C=O) groups excluding carboxylic acids is 2. The second-order valence-corrected chi connectivity index (χ2v) is 8.95. The van der Waals surface area contributed by atoms with E-state index in [-0.39, 0.29) is 17.7 Å². The van der Waals surface area contributed by atoms with Crippen LogP contribution in [0.5, 0.6) is 0 Å². The smallest absolute Gasteiger partial charge is 0.255 e. The molecule has 7 heteroatoms. The lowest BCUT2D eigenvalue weighted by Crippen LogP contribution is -2.43. The van der Waals surface area contributed by atoms with Crippen molar-refractivity contribution in [3.05, 3.63) is 89.2 Å². The molecule has 1 N–H and O–H groups in total. The molecule has 1 fully saturated rings. The number of rotatable bonds is 7. The van der Waals surface area contributed by atoms with Crippen molar-refractivity contribution in [1.29, 1.82) is 0 Å². The van der Waals surface area contributed by atoms with Gasteiger partial charge in [-0.15, -0.1) is 0 Å². The molecule has 1 saturated heterocycles. The first-order valence-electron chi connectivity index (χ1n) is 11.6. The Morgan fingerprint density at radius 2 is 1.71 bits per heavy atom. The lowest BCUT2D eigenvalue weighted by atomic mass is 9.95. The van der Waals surface area contributed by atoms with Crippen molar-refractivity contribution in [2.24, 2.45) is 5.92 Å². The van der Waals surface area contributed by atoms with Crippen LogP contribution in [-0.4, -0.2) is 48.4 Å². The maximum Gasteiger partial charge on any atom is 0.255 e. The topological polar surface area (TPSA) is 65.5 Å². The Balaban J connectivity index is 1.34. The molecule has 34 heavy (non-hydrogen) atoms. The van der Waals surface area contributed by atoms with E-state index in [1.165, 1.54) is 0 Å². The minimum atomic E-state index is -0.0616. The quantitative estimate of drug-likeness (QED) is 0.536. The van der Waals surface area contributed by atoms with Crippen molar-refractivity contribution >= 4 is 34.8 Å². The highest BCUT2D eigenvalue weighted by atomic mass is 35.5. The number of aromatic nitrogens is 1. The molecule has 0 spiro atoms. The molecule has 2 amide bonds. The number of nitrogens with zero attached hydrogens (tertiary/aromatic N) is 3. The molecule has 1 aliphatic rings. The Kier molecular flexibility index (Phi) is 7.80. The van der Waals surface area contributed by atoms with Crippen LogP contribution < -0.4 is 10.2 Å². The van der Waals surface area contributed by atoms with Crippen LogP contribution in [0.15, 0.2) is 73.1 Å². The van der Waals surface area contributed by atoms with Crippen LogP contribution in [0.4, 0.5) is 11.4 Å². The summed E-state index contributed by atoms with van der Waals surface area (Å²) in [4.78, 5) is 33.9. The maximum atomic E-state index is 13.4. The average molecular weight is 477 g/mol. The summed E-state index contributed by atoms with van der Waals surface area (Å²) in [5, 5.41) is 3.72. The van der Waals surface area contributed by atoms with E-state index >= 15 is 0 Å². The minimum Gasteiger partial charge on any atom is -0.356 e. The van der Waals surface area contributed by atoms with Gasteiger partial charge in [-0.25, -0.2) is 0 Å². The summed E-state index contributed by atoms with van der Waals surface area (Å²) in [7, 11) is 1.94. The Hall–Kier alpha value is -3.38. The van der Waals surface area contributed by atoms with E-state index in [0.29, 0.717) is 43.1 Å². The van der Waals surface area contributed by atoms with Crippen LogP contribution in [0.2, 0.25) is 5.02 Å². The summed E-state index contributed by atoms with van der Waals surface area (Å²) < 4.78 is 0. The largest absolute Gasteiger partial charge is 0.356 e. The van der Waals surface area contributed by atoms with Gasteiger partial charge in [-0.05, 0) is 73.4 Å². The van der Waals surface area contributed by atoms with Crippen LogP contribution in [0.3, 0.4) is 0 Å². The molecule has 0 radical (unpaired) electrons. The van der Waals surface area contributed by atoms with Gasteiger partial charge in [0.05, 0.1) is 11.3 Å². The number of halogens is 1. The van der Waals surface area contributed by atoms with Crippen molar-refractivity contribution in [2.45, 2.75) is 19.3 Å². The number of para-hydroxylation sites is 1. The van der Waals surface area contributed by atoms with Crippen LogP contribution >= 0.6 is 11.6 Å². The fourth-order valence-corrected chi connectivity index (χ4v) is 4.42. The summed E-state index contributed by atoms with van der Waals surface area (Å²) in [6.07, 6.45) is 5.64. The van der Waals surface area contributed by atoms with Crippen molar-refractivity contribution < 1.29 is 9.59 Å². The predicted molar refractivity (Wildman–Crippen MR) is 136 cm³/mol. The molecule has 176 valence electrons. The van der Waals surface area contributed by atoms with Gasteiger partial charge in [0, 0.05) is 55.7 Å². The van der Waals surface area contributed by atoms with Gasteiger partial charge in [0.15, 0.2) is 0 Å². The van der Waals surface area contributed by atoms with Gasteiger partial charge >= 0.3 is 0 Å². The van der Waals surface area contributed by atoms with Crippen molar-refractivity contribution in [3.8, 4) is 0 Å². The van der Waals surface area contributed by atoms with Crippen LogP contribution in [0.25, 0.3) is 0 Å². The van der Waals surface area contributed by atoms with E-state index in [0.717, 1.165) is 23.4 Å². The average Bonchev–Trinajstić information content (AvgIpc) is 2.89. The molecule has 0 atom stereocenters. The standard InChI is InChI=1S/C27H29ClN4O2/c1-31(23-8-6-22(28)7-9-23)25-5-3-2-4-24(25)27(34)32-18-13-21(14-19-32)26(33)30-17-12-20-10-15-29-16-11-20/h2-11,15-16,21H,12-14,17-19H2,1H3,(H,30,33). The Bertz CT molecular complexity index is 1110. The number of nitrogens with one attached hydrogen (secondary N) is 1. The first kappa shape index (κ1) is 23.8. The molecule has 6 nitrogen and oxygen atoms in total. The lowest BCUT2D eigenvalue weighted by Gasteiger charge is -2.32. The second-order valence-electron chi connectivity index (χ2n) is 8.52. The number of piperidine rings is 1. The van der Waals surface area contributed by atoms with Crippen LogP contribution in [0.1, 0.15) is 28.8 Å². The number of hydrogen-bond acceptors (Lipinski definition) is 4. The zero-order chi connectivity index (χ0) is 23.9. The monoisotopic (exact) mass is 476 g/mol. The zero-order valence-electron chi connectivity index (χ0n) is 19.3. The highest BCUT2D eigenvalue weighted by molar-refractivity contribution is 6.30. The molecule has 1 aliphatic heterocycles. The number of pyridine rings is 1. The summed E-state index contributed by atoms with van der Waals surface area (Å²) >= 11 is 6.03. The number of amides is 2. The van der Waals surface area contributed by atoms with E-state index < -0.39 is 0 Å². The van der Waals surface area contributed by atoms with Gasteiger partial charge in [-0.2, -0.15) is 0 Å². The van der Waals surface area contributed by atoms with E-state index in [1.807, 2.05) is 77.5 Å². The van der Waals surface area contributed by atoms with Gasteiger partial charge in [0.2, 0.25) is 5.91 Å². The molecule has 0 aliphatic carbocycles. The first-order valence-corrected chi connectivity index (χ1v) is 11.9. The molecule has 0 saturated carbocycles. The summed E-state index contributed by atoms with van der Waals surface area (Å²) in [5.74, 6) is 0.00506. The maximum absolute atomic E-state index is 13.4. The fourth-order valence-electron chi connectivity index (χ4n) is 4.29. The third-order valence-corrected chi connectivity index (χ3v) is 6.58. The molecule has 0 unspecified atom stereocenters. The van der Waals surface area contributed by atoms with Crippen molar-refractivity contribution in [1.82, 2.24) is 15.2 Å². The minimum absolute atomic E-state index is 0.00652. The van der Waals surface area contributed by atoms with Crippen molar-refractivity contribution in [3.63, 3.8) is 0 Å². The highest BCUT2D eigenvalue weighted by Gasteiger charge is 2.29. The highest BCUT2D eigenvalue weighted by Crippen LogP contribution is 2.30. The molecule has 0 bridgehead atoms. The van der Waals surface area contributed by atoms with Crippen LogP contribution in [0, 0.1) is 5.92 Å². The van der Waals surface area contributed by atoms with Gasteiger partial charge in [0.25, 0.3) is 5.91 Å². The molecule has 4 rings (SSSR count). The summed E-state index contributed by atoms with van der Waals surface area (Å²) in [5.41, 5.74) is 3.59. The molecule has 1 aromatic heterocycles. The Morgan fingerprint density at radius 1 is 1.03 bits per heavy atom. The summed E-state index contributed by atoms with van der Waals surface area (Å²) in [6, 6.07) is 19.1. The van der Waals surface area contributed by atoms with Gasteiger partial charge in [-0.1, -0.05) is 23.7 Å². The molecular formula is C27H29ClN4O2. The number of hydrogen-bond donors (Lipinski definition) is 1. The fraction of sp³-hybridized carbons (Fsp3) is 0.296. The summed E-state index contributed by atoms with van der Waals surface area (Å²) in [6.45, 7) is 1.74. The number of anilines is 2. The molecule has 2 heterocycles. The first-order chi connectivity index (χ1) is 16.5. The van der Waals surface area contributed by atoms with E-state index in [2.05, 4.69) is 10.3 Å². The zero-order valence-corrected chi connectivity index (χ0v) is 20.0. The number of benzene rings is 2. The number of likely N-dealkylation sites (tertiary alicyclic amines) is 1. The van der Waals surface area contributed by atoms with E-state index in [1.54, 1.807) is 12.4 Å². The van der Waals surface area contributed by atoms with Gasteiger partial charge in [-0.3, -0.25) is 14.6 Å². The Morgan fingerprint density at radius 3 is 2.41 bits per heavy atom. The van der Waals surface area contributed by atoms with Gasteiger partial charge in [0.1, 0.15) is 0 Å². The predicted octanol–water partition coefficient (Wildman–Crippen LogP) is 4.71. The second kappa shape index (κ2) is 11.2. The van der Waals surface area contributed by atoms with E-state index in [9.17, 15) is 9.59 Å². The Labute approximate surface area is 205 Å².